The van der Waals surface area contributed by atoms with Crippen molar-refractivity contribution in [2.24, 2.45) is 5.92 Å². The molecule has 1 atom stereocenters. The largest absolute Gasteiger partial charge is 0.303 e. The number of carbonyl (C=O) groups excluding carboxylic acids is 1. The van der Waals surface area contributed by atoms with Crippen LogP contribution in [-0.2, 0) is 17.6 Å². The maximum absolute atomic E-state index is 10.7. The molecule has 1 nitrogen and oxygen atoms in total. The highest BCUT2D eigenvalue weighted by Crippen LogP contribution is 2.26. The van der Waals surface area contributed by atoms with Crippen LogP contribution in [0, 0.1) is 12.8 Å². The Hall–Kier alpha value is -1.11. The first-order valence-corrected chi connectivity index (χ1v) is 4.84. The molecular formula is C12H14O. The van der Waals surface area contributed by atoms with Gasteiger partial charge in [0.25, 0.3) is 0 Å². The molecular weight excluding hydrogens is 160 g/mol. The van der Waals surface area contributed by atoms with Crippen molar-refractivity contribution in [2.45, 2.75) is 26.2 Å². The first kappa shape index (κ1) is 8.49. The lowest BCUT2D eigenvalue weighted by atomic mass is 9.83. The van der Waals surface area contributed by atoms with Crippen molar-refractivity contribution >= 4 is 6.29 Å². The minimum absolute atomic E-state index is 0.259. The van der Waals surface area contributed by atoms with Crippen LogP contribution in [0.1, 0.15) is 23.1 Å². The molecule has 0 saturated heterocycles. The van der Waals surface area contributed by atoms with E-state index in [1.165, 1.54) is 16.7 Å². The Morgan fingerprint density at radius 2 is 2.31 bits per heavy atom. The molecule has 1 aromatic carbocycles. The van der Waals surface area contributed by atoms with Gasteiger partial charge in [-0.05, 0) is 42.9 Å². The second-order valence-corrected chi connectivity index (χ2v) is 3.85. The van der Waals surface area contributed by atoms with Gasteiger partial charge in [0, 0.05) is 5.92 Å². The SMILES string of the molecule is Cc1cccc2c1CCC(C=O)C2. The number of aldehydes is 1. The third-order valence-corrected chi connectivity index (χ3v) is 2.95. The van der Waals surface area contributed by atoms with Gasteiger partial charge < -0.3 is 4.79 Å². The van der Waals surface area contributed by atoms with Gasteiger partial charge in [0.15, 0.2) is 0 Å². The van der Waals surface area contributed by atoms with Crippen LogP contribution in [0.3, 0.4) is 0 Å². The lowest BCUT2D eigenvalue weighted by Crippen LogP contribution is -2.15. The summed E-state index contributed by atoms with van der Waals surface area (Å²) in [5.74, 6) is 0.259. The van der Waals surface area contributed by atoms with Gasteiger partial charge in [0.05, 0.1) is 0 Å². The van der Waals surface area contributed by atoms with E-state index in [2.05, 4.69) is 25.1 Å². The Balaban J connectivity index is 2.36. The van der Waals surface area contributed by atoms with E-state index in [9.17, 15) is 4.79 Å². The molecule has 0 heterocycles. The molecule has 1 aliphatic carbocycles. The van der Waals surface area contributed by atoms with Crippen LogP contribution in [-0.4, -0.2) is 6.29 Å². The number of aryl methyl sites for hydroxylation is 1. The van der Waals surface area contributed by atoms with Crippen molar-refractivity contribution in [1.29, 1.82) is 0 Å². The Bertz CT molecular complexity index is 328. The van der Waals surface area contributed by atoms with Gasteiger partial charge in [-0.25, -0.2) is 0 Å². The fraction of sp³-hybridized carbons (Fsp3) is 0.417. The highest BCUT2D eigenvalue weighted by Gasteiger charge is 2.18. The third-order valence-electron chi connectivity index (χ3n) is 2.95. The third kappa shape index (κ3) is 1.51. The first-order chi connectivity index (χ1) is 6.31. The maximum Gasteiger partial charge on any atom is 0.123 e. The van der Waals surface area contributed by atoms with Crippen molar-refractivity contribution < 1.29 is 4.79 Å². The number of hydrogen-bond donors (Lipinski definition) is 0. The zero-order chi connectivity index (χ0) is 9.26. The molecule has 68 valence electrons. The van der Waals surface area contributed by atoms with Gasteiger partial charge in [-0.2, -0.15) is 0 Å². The van der Waals surface area contributed by atoms with E-state index < -0.39 is 0 Å². The smallest absolute Gasteiger partial charge is 0.123 e. The Morgan fingerprint density at radius 3 is 3.08 bits per heavy atom. The van der Waals surface area contributed by atoms with Gasteiger partial charge in [0.1, 0.15) is 6.29 Å². The average Bonchev–Trinajstić information content (AvgIpc) is 2.18. The Labute approximate surface area is 78.8 Å². The van der Waals surface area contributed by atoms with Crippen LogP contribution >= 0.6 is 0 Å². The van der Waals surface area contributed by atoms with Gasteiger partial charge in [-0.15, -0.1) is 0 Å². The normalized spacial score (nSPS) is 20.8. The summed E-state index contributed by atoms with van der Waals surface area (Å²) in [6, 6.07) is 6.39. The fourth-order valence-corrected chi connectivity index (χ4v) is 2.14. The van der Waals surface area contributed by atoms with Crippen molar-refractivity contribution in [3.8, 4) is 0 Å². The van der Waals surface area contributed by atoms with E-state index in [1.54, 1.807) is 0 Å². The number of rotatable bonds is 1. The van der Waals surface area contributed by atoms with Crippen LogP contribution in [0.2, 0.25) is 0 Å². The van der Waals surface area contributed by atoms with Gasteiger partial charge in [-0.1, -0.05) is 18.2 Å². The highest BCUT2D eigenvalue weighted by atomic mass is 16.1. The molecule has 1 heteroatoms. The van der Waals surface area contributed by atoms with E-state index in [-0.39, 0.29) is 5.92 Å². The summed E-state index contributed by atoms with van der Waals surface area (Å²) in [6.45, 7) is 2.15. The lowest BCUT2D eigenvalue weighted by molar-refractivity contribution is -0.111. The van der Waals surface area contributed by atoms with E-state index in [1.807, 2.05) is 0 Å². The molecule has 13 heavy (non-hydrogen) atoms. The molecule has 0 saturated carbocycles. The monoisotopic (exact) mass is 174 g/mol. The van der Waals surface area contributed by atoms with Crippen LogP contribution in [0.5, 0.6) is 0 Å². The Kier molecular flexibility index (Phi) is 2.17. The number of carbonyl (C=O) groups is 1. The molecule has 0 aliphatic heterocycles. The topological polar surface area (TPSA) is 17.1 Å². The molecule has 0 bridgehead atoms. The van der Waals surface area contributed by atoms with Gasteiger partial charge in [-0.3, -0.25) is 0 Å². The first-order valence-electron chi connectivity index (χ1n) is 4.84. The number of hydrogen-bond acceptors (Lipinski definition) is 1. The zero-order valence-electron chi connectivity index (χ0n) is 7.92. The standard InChI is InChI=1S/C12H14O/c1-9-3-2-4-11-7-10(8-13)5-6-12(9)11/h2-4,8,10H,5-7H2,1H3. The van der Waals surface area contributed by atoms with Crippen LogP contribution < -0.4 is 0 Å². The quantitative estimate of drug-likeness (QED) is 0.597. The summed E-state index contributed by atoms with van der Waals surface area (Å²) >= 11 is 0. The minimum atomic E-state index is 0.259. The molecule has 2 rings (SSSR count). The van der Waals surface area contributed by atoms with Crippen LogP contribution in [0.25, 0.3) is 0 Å². The molecule has 0 radical (unpaired) electrons. The van der Waals surface area contributed by atoms with Gasteiger partial charge in [0.2, 0.25) is 0 Å². The second kappa shape index (κ2) is 3.33. The van der Waals surface area contributed by atoms with E-state index in [0.717, 1.165) is 25.5 Å². The van der Waals surface area contributed by atoms with E-state index in [4.69, 9.17) is 0 Å². The summed E-state index contributed by atoms with van der Waals surface area (Å²) in [6.07, 6.45) is 4.15. The van der Waals surface area contributed by atoms with Crippen molar-refractivity contribution in [1.82, 2.24) is 0 Å². The molecule has 1 unspecified atom stereocenters. The zero-order valence-corrected chi connectivity index (χ0v) is 7.92. The maximum atomic E-state index is 10.7. The van der Waals surface area contributed by atoms with E-state index in [0.29, 0.717) is 0 Å². The van der Waals surface area contributed by atoms with Crippen molar-refractivity contribution in [2.75, 3.05) is 0 Å². The van der Waals surface area contributed by atoms with Crippen LogP contribution in [0.15, 0.2) is 18.2 Å². The minimum Gasteiger partial charge on any atom is -0.303 e. The predicted molar refractivity (Wildman–Crippen MR) is 52.8 cm³/mol. The summed E-state index contributed by atoms with van der Waals surface area (Å²) in [5, 5.41) is 0. The summed E-state index contributed by atoms with van der Waals surface area (Å²) in [7, 11) is 0. The number of benzene rings is 1. The van der Waals surface area contributed by atoms with E-state index >= 15 is 0 Å². The summed E-state index contributed by atoms with van der Waals surface area (Å²) in [4.78, 5) is 10.7. The molecule has 1 aliphatic rings. The molecule has 1 aromatic rings. The van der Waals surface area contributed by atoms with Crippen molar-refractivity contribution in [3.05, 3.63) is 34.9 Å². The molecule has 0 N–H and O–H groups in total. The van der Waals surface area contributed by atoms with Crippen molar-refractivity contribution in [3.63, 3.8) is 0 Å². The predicted octanol–water partition coefficient (Wildman–Crippen LogP) is 2.30. The average molecular weight is 174 g/mol. The lowest BCUT2D eigenvalue weighted by Gasteiger charge is -2.21. The van der Waals surface area contributed by atoms with Gasteiger partial charge >= 0.3 is 0 Å². The van der Waals surface area contributed by atoms with Crippen LogP contribution in [0.4, 0.5) is 0 Å². The Morgan fingerprint density at radius 1 is 1.46 bits per heavy atom. The second-order valence-electron chi connectivity index (χ2n) is 3.85. The molecule has 0 spiro atoms. The summed E-state index contributed by atoms with van der Waals surface area (Å²) in [5.41, 5.74) is 4.23. The highest BCUT2D eigenvalue weighted by molar-refractivity contribution is 5.56. The summed E-state index contributed by atoms with van der Waals surface area (Å²) < 4.78 is 0. The molecule has 0 fully saturated rings. The molecule has 0 aromatic heterocycles. The fourth-order valence-electron chi connectivity index (χ4n) is 2.14. The number of fused-ring (bicyclic) bond motifs is 1. The molecule has 0 amide bonds.